The Morgan fingerprint density at radius 3 is 2.81 bits per heavy atom. The summed E-state index contributed by atoms with van der Waals surface area (Å²) in [6, 6.07) is 5.18. The molecule has 0 aliphatic carbocycles. The molecule has 1 aromatic rings. The first-order valence-corrected chi connectivity index (χ1v) is 8.90. The van der Waals surface area contributed by atoms with E-state index in [4.69, 9.17) is 21.1 Å². The summed E-state index contributed by atoms with van der Waals surface area (Å²) in [7, 11) is 0. The number of ether oxygens (including phenoxy) is 2. The number of likely N-dealkylation sites (N-methyl/N-ethyl adjacent to an activating group) is 1. The maximum absolute atomic E-state index is 12.2. The van der Waals surface area contributed by atoms with Crippen molar-refractivity contribution < 1.29 is 23.9 Å². The average Bonchev–Trinajstić information content (AvgIpc) is 3.15. The Hall–Kier alpha value is -2.12. The molecule has 0 aromatic heterocycles. The molecule has 1 aliphatic heterocycles. The summed E-state index contributed by atoms with van der Waals surface area (Å²) in [5.41, 5.74) is 1.46. The Morgan fingerprint density at radius 1 is 1.38 bits per heavy atom. The van der Waals surface area contributed by atoms with Gasteiger partial charge in [0.1, 0.15) is 0 Å². The molecule has 1 aromatic carbocycles. The van der Waals surface area contributed by atoms with Gasteiger partial charge in [0.05, 0.1) is 6.54 Å². The number of hydrogen-bond donors (Lipinski definition) is 1. The lowest BCUT2D eigenvalue weighted by Gasteiger charge is -2.21. The quantitative estimate of drug-likeness (QED) is 0.730. The number of nitrogens with one attached hydrogen (secondary N) is 1. The number of nitrogens with zero attached hydrogens (tertiary/aromatic N) is 1. The van der Waals surface area contributed by atoms with Gasteiger partial charge in [-0.3, -0.25) is 9.59 Å². The number of carbonyl (C=O) groups is 3. The van der Waals surface area contributed by atoms with E-state index in [2.05, 4.69) is 5.32 Å². The summed E-state index contributed by atoms with van der Waals surface area (Å²) in [5, 5.41) is 3.24. The van der Waals surface area contributed by atoms with E-state index in [1.54, 1.807) is 25.1 Å². The van der Waals surface area contributed by atoms with Gasteiger partial charge in [0.25, 0.3) is 5.91 Å². The second kappa shape index (κ2) is 9.54. The zero-order valence-corrected chi connectivity index (χ0v) is 15.7. The molecule has 1 fully saturated rings. The van der Waals surface area contributed by atoms with Crippen LogP contribution in [-0.2, 0) is 23.9 Å². The van der Waals surface area contributed by atoms with Crippen molar-refractivity contribution in [2.75, 3.05) is 31.6 Å². The van der Waals surface area contributed by atoms with E-state index in [-0.39, 0.29) is 12.5 Å². The third kappa shape index (κ3) is 5.71. The van der Waals surface area contributed by atoms with E-state index in [1.165, 1.54) is 4.90 Å². The predicted octanol–water partition coefficient (Wildman–Crippen LogP) is 2.16. The van der Waals surface area contributed by atoms with E-state index in [0.717, 1.165) is 12.0 Å². The van der Waals surface area contributed by atoms with Gasteiger partial charge in [0.15, 0.2) is 12.7 Å². The van der Waals surface area contributed by atoms with Gasteiger partial charge in [0.2, 0.25) is 5.91 Å². The summed E-state index contributed by atoms with van der Waals surface area (Å²) in [6.07, 6.45) is 0.816. The Morgan fingerprint density at radius 2 is 2.15 bits per heavy atom. The molecule has 1 saturated heterocycles. The first kappa shape index (κ1) is 20.2. The van der Waals surface area contributed by atoms with Crippen molar-refractivity contribution in [3.63, 3.8) is 0 Å². The Kier molecular flexibility index (Phi) is 7.41. The van der Waals surface area contributed by atoms with Gasteiger partial charge in [-0.15, -0.1) is 0 Å². The number of carbonyl (C=O) groups excluding carboxylic acids is 3. The van der Waals surface area contributed by atoms with Crippen molar-refractivity contribution in [2.24, 2.45) is 0 Å². The van der Waals surface area contributed by atoms with Gasteiger partial charge < -0.3 is 19.7 Å². The first-order valence-electron chi connectivity index (χ1n) is 8.52. The smallest absolute Gasteiger partial charge is 0.335 e. The molecule has 1 heterocycles. The highest BCUT2D eigenvalue weighted by Crippen LogP contribution is 2.20. The molecule has 0 unspecified atom stereocenters. The minimum absolute atomic E-state index is 0.140. The lowest BCUT2D eigenvalue weighted by molar-refractivity contribution is -0.159. The van der Waals surface area contributed by atoms with Crippen LogP contribution in [0.1, 0.15) is 25.3 Å². The molecule has 1 aliphatic rings. The van der Waals surface area contributed by atoms with Crippen LogP contribution in [0.3, 0.4) is 0 Å². The maximum atomic E-state index is 12.2. The number of hydrogen-bond acceptors (Lipinski definition) is 5. The van der Waals surface area contributed by atoms with Gasteiger partial charge in [-0.25, -0.2) is 4.79 Å². The van der Waals surface area contributed by atoms with Gasteiger partial charge in [-0.2, -0.15) is 0 Å². The summed E-state index contributed by atoms with van der Waals surface area (Å²) >= 11 is 5.93. The number of amides is 2. The standard InChI is InChI=1S/C18H23ClN2O5/c1-3-21(17(23)11-26-18(24)15-5-4-8-25-15)10-16(22)20-14-9-13(19)7-6-12(14)2/h6-7,9,15H,3-5,8,10-11H2,1-2H3,(H,20,22)/t15-/m0/s1. The largest absolute Gasteiger partial charge is 0.454 e. The monoisotopic (exact) mass is 382 g/mol. The molecule has 0 bridgehead atoms. The molecule has 142 valence electrons. The predicted molar refractivity (Wildman–Crippen MR) is 97.0 cm³/mol. The van der Waals surface area contributed by atoms with Gasteiger partial charge in [0, 0.05) is 23.9 Å². The third-order valence-corrected chi connectivity index (χ3v) is 4.31. The van der Waals surface area contributed by atoms with Crippen LogP contribution in [0.25, 0.3) is 0 Å². The molecule has 2 amide bonds. The topological polar surface area (TPSA) is 84.9 Å². The van der Waals surface area contributed by atoms with Crippen molar-refractivity contribution in [1.82, 2.24) is 4.90 Å². The first-order chi connectivity index (χ1) is 12.4. The minimum Gasteiger partial charge on any atom is -0.454 e. The fourth-order valence-corrected chi connectivity index (χ4v) is 2.72. The molecule has 0 radical (unpaired) electrons. The molecule has 0 saturated carbocycles. The van der Waals surface area contributed by atoms with Crippen LogP contribution < -0.4 is 5.32 Å². The van der Waals surface area contributed by atoms with E-state index >= 15 is 0 Å². The van der Waals surface area contributed by atoms with E-state index < -0.39 is 24.6 Å². The fraction of sp³-hybridized carbons (Fsp3) is 0.500. The van der Waals surface area contributed by atoms with Crippen LogP contribution in [0.4, 0.5) is 5.69 Å². The minimum atomic E-state index is -0.591. The summed E-state index contributed by atoms with van der Waals surface area (Å²) in [6.45, 7) is 3.89. The van der Waals surface area contributed by atoms with E-state index in [0.29, 0.717) is 30.3 Å². The highest BCUT2D eigenvalue weighted by atomic mass is 35.5. The zero-order valence-electron chi connectivity index (χ0n) is 14.9. The lowest BCUT2D eigenvalue weighted by Crippen LogP contribution is -2.40. The van der Waals surface area contributed by atoms with Crippen LogP contribution in [0, 0.1) is 6.92 Å². The van der Waals surface area contributed by atoms with Crippen molar-refractivity contribution in [2.45, 2.75) is 32.8 Å². The fourth-order valence-electron chi connectivity index (χ4n) is 2.55. The van der Waals surface area contributed by atoms with Crippen molar-refractivity contribution in [1.29, 1.82) is 0 Å². The van der Waals surface area contributed by atoms with Crippen molar-refractivity contribution >= 4 is 35.1 Å². The second-order valence-corrected chi connectivity index (χ2v) is 6.46. The molecule has 1 atom stereocenters. The van der Waals surface area contributed by atoms with Crippen LogP contribution in [0.5, 0.6) is 0 Å². The molecule has 0 spiro atoms. The summed E-state index contributed by atoms with van der Waals surface area (Å²) in [5.74, 6) is -1.32. The highest BCUT2D eigenvalue weighted by molar-refractivity contribution is 6.31. The maximum Gasteiger partial charge on any atom is 0.335 e. The van der Waals surface area contributed by atoms with Gasteiger partial charge in [-0.1, -0.05) is 17.7 Å². The molecular weight excluding hydrogens is 360 g/mol. The number of aryl methyl sites for hydroxylation is 1. The molecule has 8 heteroatoms. The molecule has 26 heavy (non-hydrogen) atoms. The zero-order chi connectivity index (χ0) is 19.1. The SMILES string of the molecule is CCN(CC(=O)Nc1cc(Cl)ccc1C)C(=O)COC(=O)[C@@H]1CCCO1. The number of esters is 1. The number of anilines is 1. The molecule has 1 N–H and O–H groups in total. The van der Waals surface area contributed by atoms with Crippen molar-refractivity contribution in [3.8, 4) is 0 Å². The van der Waals surface area contributed by atoms with Gasteiger partial charge >= 0.3 is 5.97 Å². The lowest BCUT2D eigenvalue weighted by atomic mass is 10.2. The number of halogens is 1. The van der Waals surface area contributed by atoms with Crippen LogP contribution >= 0.6 is 11.6 Å². The van der Waals surface area contributed by atoms with Gasteiger partial charge in [-0.05, 0) is 44.4 Å². The number of rotatable bonds is 7. The van der Waals surface area contributed by atoms with Crippen LogP contribution in [0.15, 0.2) is 18.2 Å². The molecular formula is C18H23ClN2O5. The molecule has 7 nitrogen and oxygen atoms in total. The average molecular weight is 383 g/mol. The Balaban J connectivity index is 1.84. The Labute approximate surface area is 157 Å². The summed E-state index contributed by atoms with van der Waals surface area (Å²) in [4.78, 5) is 37.5. The normalized spacial score (nSPS) is 16.2. The van der Waals surface area contributed by atoms with Crippen molar-refractivity contribution in [3.05, 3.63) is 28.8 Å². The highest BCUT2D eigenvalue weighted by Gasteiger charge is 2.26. The Bertz CT molecular complexity index is 674. The van der Waals surface area contributed by atoms with E-state index in [1.807, 2.05) is 6.92 Å². The number of benzene rings is 1. The van der Waals surface area contributed by atoms with E-state index in [9.17, 15) is 14.4 Å². The second-order valence-electron chi connectivity index (χ2n) is 6.02. The molecule has 2 rings (SSSR count). The van der Waals surface area contributed by atoms with Crippen LogP contribution in [0.2, 0.25) is 5.02 Å². The summed E-state index contributed by atoms with van der Waals surface area (Å²) < 4.78 is 10.2. The van der Waals surface area contributed by atoms with Crippen LogP contribution in [-0.4, -0.2) is 55.1 Å². The third-order valence-electron chi connectivity index (χ3n) is 4.07.